The molecule has 2 N–H and O–H groups in total. The summed E-state index contributed by atoms with van der Waals surface area (Å²) in [6, 6.07) is 13.4. The number of hydrogen-bond donors (Lipinski definition) is 2. The minimum Gasteiger partial charge on any atom is -0.321 e. The van der Waals surface area contributed by atoms with Crippen LogP contribution < -0.4 is 10.0 Å². The number of carbonyl (C=O) groups excluding carboxylic acids is 1. The highest BCUT2D eigenvalue weighted by molar-refractivity contribution is 7.98. The van der Waals surface area contributed by atoms with Gasteiger partial charge in [-0.3, -0.25) is 4.79 Å². The zero-order valence-electron chi connectivity index (χ0n) is 12.9. The molecule has 5 nitrogen and oxygen atoms in total. The van der Waals surface area contributed by atoms with Crippen molar-refractivity contribution in [2.75, 3.05) is 18.1 Å². The van der Waals surface area contributed by atoms with E-state index in [0.717, 1.165) is 4.90 Å². The smallest absolute Gasteiger partial charge is 0.255 e. The first-order valence-electron chi connectivity index (χ1n) is 7.02. The summed E-state index contributed by atoms with van der Waals surface area (Å²) in [4.78, 5) is 13.4. The molecule has 0 aliphatic carbocycles. The van der Waals surface area contributed by atoms with Crippen LogP contribution in [0.15, 0.2) is 58.3 Å². The predicted molar refractivity (Wildman–Crippen MR) is 93.5 cm³/mol. The van der Waals surface area contributed by atoms with E-state index in [2.05, 4.69) is 10.0 Å². The maximum atomic E-state index is 12.4. The zero-order chi connectivity index (χ0) is 16.9. The third-order valence-electron chi connectivity index (χ3n) is 3.10. The van der Waals surface area contributed by atoms with Gasteiger partial charge in [-0.1, -0.05) is 25.1 Å². The zero-order valence-corrected chi connectivity index (χ0v) is 14.5. The van der Waals surface area contributed by atoms with Crippen molar-refractivity contribution in [1.82, 2.24) is 4.72 Å². The van der Waals surface area contributed by atoms with Gasteiger partial charge in [-0.15, -0.1) is 11.8 Å². The van der Waals surface area contributed by atoms with Crippen molar-refractivity contribution in [2.24, 2.45) is 0 Å². The molecule has 0 spiro atoms. The van der Waals surface area contributed by atoms with Crippen LogP contribution in [0.5, 0.6) is 0 Å². The molecule has 0 aliphatic rings. The van der Waals surface area contributed by atoms with Crippen molar-refractivity contribution in [2.45, 2.75) is 16.7 Å². The van der Waals surface area contributed by atoms with Crippen molar-refractivity contribution in [3.05, 3.63) is 54.1 Å². The molecule has 0 saturated carbocycles. The van der Waals surface area contributed by atoms with Crippen LogP contribution in [0.2, 0.25) is 0 Å². The van der Waals surface area contributed by atoms with E-state index in [-0.39, 0.29) is 10.8 Å². The lowest BCUT2D eigenvalue weighted by Crippen LogP contribution is -2.23. The lowest BCUT2D eigenvalue weighted by Gasteiger charge is -2.10. The van der Waals surface area contributed by atoms with Crippen LogP contribution in [0.25, 0.3) is 0 Å². The van der Waals surface area contributed by atoms with E-state index in [0.29, 0.717) is 17.8 Å². The lowest BCUT2D eigenvalue weighted by atomic mass is 10.2. The van der Waals surface area contributed by atoms with Crippen molar-refractivity contribution in [1.29, 1.82) is 0 Å². The van der Waals surface area contributed by atoms with Crippen molar-refractivity contribution < 1.29 is 13.2 Å². The van der Waals surface area contributed by atoms with Gasteiger partial charge in [-0.25, -0.2) is 13.1 Å². The molecule has 0 atom stereocenters. The SMILES string of the molecule is CCNS(=O)(=O)c1cccc(C(=O)Nc2ccccc2SC)c1. The summed E-state index contributed by atoms with van der Waals surface area (Å²) < 4.78 is 26.4. The molecule has 0 heterocycles. The molecule has 0 bridgehead atoms. The number of carbonyl (C=O) groups is 1. The minimum atomic E-state index is -3.59. The van der Waals surface area contributed by atoms with Gasteiger partial charge in [0.2, 0.25) is 10.0 Å². The molecule has 0 aliphatic heterocycles. The second-order valence-corrected chi connectivity index (χ2v) is 7.30. The van der Waals surface area contributed by atoms with E-state index < -0.39 is 10.0 Å². The number of rotatable bonds is 6. The van der Waals surface area contributed by atoms with E-state index in [9.17, 15) is 13.2 Å². The first-order valence-corrected chi connectivity index (χ1v) is 9.73. The number of thioether (sulfide) groups is 1. The predicted octanol–water partition coefficient (Wildman–Crippen LogP) is 2.96. The fraction of sp³-hybridized carbons (Fsp3) is 0.188. The maximum absolute atomic E-state index is 12.4. The van der Waals surface area contributed by atoms with Crippen LogP contribution in [0.1, 0.15) is 17.3 Å². The van der Waals surface area contributed by atoms with E-state index in [1.54, 1.807) is 19.1 Å². The number of para-hydroxylation sites is 1. The van der Waals surface area contributed by atoms with Gasteiger partial charge in [-0.05, 0) is 36.6 Å². The third kappa shape index (κ3) is 4.34. The Morgan fingerprint density at radius 1 is 1.13 bits per heavy atom. The van der Waals surface area contributed by atoms with Crippen molar-refractivity contribution in [3.8, 4) is 0 Å². The number of sulfonamides is 1. The number of nitrogens with one attached hydrogen (secondary N) is 2. The van der Waals surface area contributed by atoms with E-state index in [1.807, 2.05) is 30.5 Å². The fourth-order valence-electron chi connectivity index (χ4n) is 2.02. The molecule has 0 fully saturated rings. The molecule has 2 aromatic carbocycles. The van der Waals surface area contributed by atoms with Crippen LogP contribution in [0, 0.1) is 0 Å². The summed E-state index contributed by atoms with van der Waals surface area (Å²) in [5.41, 5.74) is 0.991. The number of anilines is 1. The fourth-order valence-corrected chi connectivity index (χ4v) is 3.66. The minimum absolute atomic E-state index is 0.0742. The Balaban J connectivity index is 2.27. The summed E-state index contributed by atoms with van der Waals surface area (Å²) >= 11 is 1.53. The molecule has 2 aromatic rings. The van der Waals surface area contributed by atoms with Gasteiger partial charge >= 0.3 is 0 Å². The van der Waals surface area contributed by atoms with Gasteiger partial charge in [0.1, 0.15) is 0 Å². The highest BCUT2D eigenvalue weighted by Gasteiger charge is 2.15. The Kier molecular flexibility index (Phi) is 5.81. The molecule has 7 heteroatoms. The van der Waals surface area contributed by atoms with E-state index >= 15 is 0 Å². The van der Waals surface area contributed by atoms with Gasteiger partial charge in [0, 0.05) is 17.0 Å². The average Bonchev–Trinajstić information content (AvgIpc) is 2.55. The standard InChI is InChI=1S/C16H18N2O3S2/c1-3-17-23(20,21)13-8-6-7-12(11-13)16(19)18-14-9-4-5-10-15(14)22-2/h4-11,17H,3H2,1-2H3,(H,18,19). The summed E-state index contributed by atoms with van der Waals surface area (Å²) in [6.45, 7) is 1.99. The Bertz CT molecular complexity index is 804. The molecular formula is C16H18N2O3S2. The Labute approximate surface area is 140 Å². The molecular weight excluding hydrogens is 332 g/mol. The molecule has 0 aromatic heterocycles. The molecule has 23 heavy (non-hydrogen) atoms. The summed E-state index contributed by atoms with van der Waals surface area (Å²) in [7, 11) is -3.59. The third-order valence-corrected chi connectivity index (χ3v) is 5.44. The molecule has 0 saturated heterocycles. The van der Waals surface area contributed by atoms with Gasteiger partial charge in [-0.2, -0.15) is 0 Å². The Hall–Kier alpha value is -1.83. The van der Waals surface area contributed by atoms with E-state index in [1.165, 1.54) is 23.9 Å². The Morgan fingerprint density at radius 3 is 2.57 bits per heavy atom. The van der Waals surface area contributed by atoms with Gasteiger partial charge < -0.3 is 5.32 Å². The maximum Gasteiger partial charge on any atom is 0.255 e. The molecule has 122 valence electrons. The summed E-state index contributed by atoms with van der Waals surface area (Å²) in [5, 5.41) is 2.81. The molecule has 1 amide bonds. The second kappa shape index (κ2) is 7.63. The van der Waals surface area contributed by atoms with Crippen LogP contribution in [-0.4, -0.2) is 27.1 Å². The first kappa shape index (κ1) is 17.5. The number of benzene rings is 2. The second-order valence-electron chi connectivity index (χ2n) is 4.68. The first-order chi connectivity index (χ1) is 11.0. The molecule has 0 radical (unpaired) electrons. The van der Waals surface area contributed by atoms with Crippen LogP contribution >= 0.6 is 11.8 Å². The largest absolute Gasteiger partial charge is 0.321 e. The average molecular weight is 350 g/mol. The van der Waals surface area contributed by atoms with Crippen LogP contribution in [-0.2, 0) is 10.0 Å². The molecule has 0 unspecified atom stereocenters. The van der Waals surface area contributed by atoms with E-state index in [4.69, 9.17) is 0 Å². The quantitative estimate of drug-likeness (QED) is 0.786. The molecule has 2 rings (SSSR count). The van der Waals surface area contributed by atoms with Gasteiger partial charge in [0.05, 0.1) is 10.6 Å². The number of hydrogen-bond acceptors (Lipinski definition) is 4. The number of amides is 1. The van der Waals surface area contributed by atoms with Gasteiger partial charge in [0.25, 0.3) is 5.91 Å². The monoisotopic (exact) mass is 350 g/mol. The van der Waals surface area contributed by atoms with Gasteiger partial charge in [0.15, 0.2) is 0 Å². The lowest BCUT2D eigenvalue weighted by molar-refractivity contribution is 0.102. The summed E-state index contributed by atoms with van der Waals surface area (Å²) in [5.74, 6) is -0.347. The van der Waals surface area contributed by atoms with Crippen LogP contribution in [0.3, 0.4) is 0 Å². The Morgan fingerprint density at radius 2 is 1.87 bits per heavy atom. The highest BCUT2D eigenvalue weighted by atomic mass is 32.2. The van der Waals surface area contributed by atoms with Crippen molar-refractivity contribution in [3.63, 3.8) is 0 Å². The normalized spacial score (nSPS) is 11.2. The summed E-state index contributed by atoms with van der Waals surface area (Å²) in [6.07, 6.45) is 1.93. The highest BCUT2D eigenvalue weighted by Crippen LogP contribution is 2.25. The van der Waals surface area contributed by atoms with Crippen molar-refractivity contribution >= 4 is 33.4 Å². The van der Waals surface area contributed by atoms with Crippen LogP contribution in [0.4, 0.5) is 5.69 Å². The topological polar surface area (TPSA) is 75.3 Å².